The van der Waals surface area contributed by atoms with Gasteiger partial charge in [-0.15, -0.1) is 0 Å². The molecule has 134 valence electrons. The fraction of sp³-hybridized carbons (Fsp3) is 0.500. The molecule has 0 aromatic carbocycles. The second-order valence-electron chi connectivity index (χ2n) is 6.51. The van der Waals surface area contributed by atoms with Gasteiger partial charge in [-0.1, -0.05) is 6.07 Å². The molecule has 3 rings (SSSR count). The van der Waals surface area contributed by atoms with Crippen molar-refractivity contribution in [2.75, 3.05) is 19.7 Å². The number of pyridine rings is 1. The zero-order valence-electron chi connectivity index (χ0n) is 14.7. The van der Waals surface area contributed by atoms with Crippen molar-refractivity contribution in [2.24, 2.45) is 0 Å². The maximum atomic E-state index is 11.9. The zero-order valence-corrected chi connectivity index (χ0v) is 14.7. The smallest absolute Gasteiger partial charge is 0.331 e. The van der Waals surface area contributed by atoms with Crippen LogP contribution in [0.1, 0.15) is 30.9 Å². The molecule has 1 aliphatic rings. The van der Waals surface area contributed by atoms with E-state index in [-0.39, 0.29) is 0 Å². The number of piperidine rings is 1. The van der Waals surface area contributed by atoms with Gasteiger partial charge in [0.05, 0.1) is 12.8 Å². The first-order valence-electron chi connectivity index (χ1n) is 8.59. The van der Waals surface area contributed by atoms with Crippen molar-refractivity contribution in [2.45, 2.75) is 38.8 Å². The van der Waals surface area contributed by atoms with Gasteiger partial charge in [0.2, 0.25) is 5.88 Å². The van der Waals surface area contributed by atoms with Gasteiger partial charge in [-0.3, -0.25) is 9.58 Å². The minimum absolute atomic E-state index is 0.536. The van der Waals surface area contributed by atoms with Crippen LogP contribution < -0.4 is 4.74 Å². The minimum atomic E-state index is -0.943. The molecule has 0 unspecified atom stereocenters. The third kappa shape index (κ3) is 3.66. The Kier molecular flexibility index (Phi) is 5.03. The molecule has 7 nitrogen and oxygen atoms in total. The molecule has 0 amide bonds. The molecule has 2 aromatic rings. The quantitative estimate of drug-likeness (QED) is 0.864. The Balaban J connectivity index is 1.65. The predicted octanol–water partition coefficient (Wildman–Crippen LogP) is 2.06. The van der Waals surface area contributed by atoms with Crippen molar-refractivity contribution in [3.05, 3.63) is 41.9 Å². The van der Waals surface area contributed by atoms with Gasteiger partial charge in [-0.05, 0) is 37.8 Å². The van der Waals surface area contributed by atoms with Gasteiger partial charge in [0.1, 0.15) is 0 Å². The van der Waals surface area contributed by atoms with Gasteiger partial charge < -0.3 is 9.84 Å². The summed E-state index contributed by atoms with van der Waals surface area (Å²) in [5, 5.41) is 14.1. The number of rotatable bonds is 6. The number of hydrogen-bond donors (Lipinski definition) is 1. The summed E-state index contributed by atoms with van der Waals surface area (Å²) in [5.74, 6) is -0.179. The van der Waals surface area contributed by atoms with Crippen LogP contribution in [0, 0.1) is 6.92 Å². The van der Waals surface area contributed by atoms with E-state index in [1.807, 2.05) is 38.4 Å². The van der Waals surface area contributed by atoms with Gasteiger partial charge >= 0.3 is 5.97 Å². The molecule has 3 heterocycles. The number of carboxylic acids is 1. The lowest BCUT2D eigenvalue weighted by Gasteiger charge is -2.39. The van der Waals surface area contributed by atoms with Crippen molar-refractivity contribution in [3.8, 4) is 5.88 Å². The van der Waals surface area contributed by atoms with Crippen molar-refractivity contribution in [3.63, 3.8) is 0 Å². The van der Waals surface area contributed by atoms with Crippen LogP contribution in [0.2, 0.25) is 0 Å². The molecule has 25 heavy (non-hydrogen) atoms. The monoisotopic (exact) mass is 344 g/mol. The highest BCUT2D eigenvalue weighted by molar-refractivity contribution is 5.76. The van der Waals surface area contributed by atoms with E-state index in [4.69, 9.17) is 4.74 Å². The first kappa shape index (κ1) is 17.4. The van der Waals surface area contributed by atoms with E-state index in [9.17, 15) is 9.90 Å². The van der Waals surface area contributed by atoms with Gasteiger partial charge in [0, 0.05) is 38.1 Å². The molecule has 0 atom stereocenters. The number of aliphatic carboxylic acids is 1. The molecule has 2 aromatic heterocycles. The molecule has 0 aliphatic carbocycles. The second kappa shape index (κ2) is 7.23. The largest absolute Gasteiger partial charge is 0.479 e. The van der Waals surface area contributed by atoms with Crippen LogP contribution in [0.25, 0.3) is 0 Å². The minimum Gasteiger partial charge on any atom is -0.479 e. The van der Waals surface area contributed by atoms with Crippen molar-refractivity contribution >= 4 is 5.97 Å². The fourth-order valence-corrected chi connectivity index (χ4v) is 3.26. The molecule has 1 aliphatic heterocycles. The average molecular weight is 344 g/mol. The molecule has 0 spiro atoms. The molecular formula is C18H24N4O3. The Morgan fingerprint density at radius 3 is 2.60 bits per heavy atom. The maximum Gasteiger partial charge on any atom is 0.331 e. The summed E-state index contributed by atoms with van der Waals surface area (Å²) in [5.41, 5.74) is 1.13. The summed E-state index contributed by atoms with van der Waals surface area (Å²) in [6.07, 6.45) is 6.42. The topological polar surface area (TPSA) is 80.5 Å². The Labute approximate surface area is 147 Å². The average Bonchev–Trinajstić information content (AvgIpc) is 3.04. The summed E-state index contributed by atoms with van der Waals surface area (Å²) < 4.78 is 6.98. The zero-order chi connectivity index (χ0) is 17.9. The molecule has 0 bridgehead atoms. The Bertz CT molecular complexity index is 718. The lowest BCUT2D eigenvalue weighted by atomic mass is 9.87. The van der Waals surface area contributed by atoms with E-state index >= 15 is 0 Å². The number of carbonyl (C=O) groups is 1. The highest BCUT2D eigenvalue weighted by Gasteiger charge is 2.44. The van der Waals surface area contributed by atoms with E-state index in [2.05, 4.69) is 15.0 Å². The standard InChI is InChI=1S/C18H24N4O3/c1-3-25-16-5-4-15(11-19-16)13-21-8-6-18(7-9-21,17(23)24)22-12-14(2)10-20-22/h4-5,10-12H,3,6-9,13H2,1-2H3,(H,23,24). The van der Waals surface area contributed by atoms with Crippen LogP contribution in [0.4, 0.5) is 0 Å². The van der Waals surface area contributed by atoms with Crippen LogP contribution in [0.3, 0.4) is 0 Å². The van der Waals surface area contributed by atoms with Crippen LogP contribution in [-0.2, 0) is 16.9 Å². The van der Waals surface area contributed by atoms with Gasteiger partial charge in [-0.2, -0.15) is 5.10 Å². The molecule has 7 heteroatoms. The van der Waals surface area contributed by atoms with Gasteiger partial charge in [0.25, 0.3) is 0 Å². The molecular weight excluding hydrogens is 320 g/mol. The summed E-state index contributed by atoms with van der Waals surface area (Å²) in [4.78, 5) is 18.5. The lowest BCUT2D eigenvalue weighted by molar-refractivity contribution is -0.151. The van der Waals surface area contributed by atoms with E-state index in [0.29, 0.717) is 38.4 Å². The number of ether oxygens (including phenoxy) is 1. The summed E-state index contributed by atoms with van der Waals surface area (Å²) in [6.45, 7) is 6.62. The number of hydrogen-bond acceptors (Lipinski definition) is 5. The first-order chi connectivity index (χ1) is 12.0. The Morgan fingerprint density at radius 1 is 1.32 bits per heavy atom. The third-order valence-electron chi connectivity index (χ3n) is 4.73. The summed E-state index contributed by atoms with van der Waals surface area (Å²) in [7, 11) is 0. The maximum absolute atomic E-state index is 11.9. The van der Waals surface area contributed by atoms with E-state index in [1.165, 1.54) is 0 Å². The summed E-state index contributed by atoms with van der Waals surface area (Å²) >= 11 is 0. The normalized spacial score (nSPS) is 17.4. The molecule has 1 N–H and O–H groups in total. The van der Waals surface area contributed by atoms with Crippen LogP contribution >= 0.6 is 0 Å². The number of aryl methyl sites for hydroxylation is 1. The van der Waals surface area contributed by atoms with E-state index < -0.39 is 11.5 Å². The van der Waals surface area contributed by atoms with Crippen molar-refractivity contribution in [1.82, 2.24) is 19.7 Å². The van der Waals surface area contributed by atoms with Gasteiger partial charge in [-0.25, -0.2) is 9.78 Å². The van der Waals surface area contributed by atoms with Crippen LogP contribution in [0.15, 0.2) is 30.7 Å². The van der Waals surface area contributed by atoms with E-state index in [1.54, 1.807) is 10.9 Å². The number of nitrogens with zero attached hydrogens (tertiary/aromatic N) is 4. The lowest BCUT2D eigenvalue weighted by Crippen LogP contribution is -2.51. The molecule has 1 saturated heterocycles. The highest BCUT2D eigenvalue weighted by atomic mass is 16.5. The van der Waals surface area contributed by atoms with Crippen LogP contribution in [-0.4, -0.2) is 50.4 Å². The third-order valence-corrected chi connectivity index (χ3v) is 4.73. The molecule has 1 fully saturated rings. The Morgan fingerprint density at radius 2 is 2.08 bits per heavy atom. The van der Waals surface area contributed by atoms with Gasteiger partial charge in [0.15, 0.2) is 5.54 Å². The molecule has 0 saturated carbocycles. The number of carboxylic acid groups (broad SMARTS) is 1. The highest BCUT2D eigenvalue weighted by Crippen LogP contribution is 2.31. The van der Waals surface area contributed by atoms with Crippen molar-refractivity contribution in [1.29, 1.82) is 0 Å². The van der Waals surface area contributed by atoms with E-state index in [0.717, 1.165) is 17.7 Å². The Hall–Kier alpha value is -2.41. The predicted molar refractivity (Wildman–Crippen MR) is 92.5 cm³/mol. The fourth-order valence-electron chi connectivity index (χ4n) is 3.26. The summed E-state index contributed by atoms with van der Waals surface area (Å²) in [6, 6.07) is 3.88. The molecule has 0 radical (unpaired) electrons. The second-order valence-corrected chi connectivity index (χ2v) is 6.51. The SMILES string of the molecule is CCOc1ccc(CN2CCC(C(=O)O)(n3cc(C)cn3)CC2)cn1. The van der Waals surface area contributed by atoms with Crippen molar-refractivity contribution < 1.29 is 14.6 Å². The number of aromatic nitrogens is 3. The first-order valence-corrected chi connectivity index (χ1v) is 8.59. The van der Waals surface area contributed by atoms with Crippen LogP contribution in [0.5, 0.6) is 5.88 Å². The number of likely N-dealkylation sites (tertiary alicyclic amines) is 1.